The highest BCUT2D eigenvalue weighted by molar-refractivity contribution is 7.91. The van der Waals surface area contributed by atoms with E-state index in [1.54, 1.807) is 29.1 Å². The van der Waals surface area contributed by atoms with Crippen molar-refractivity contribution in [3.05, 3.63) is 65.5 Å². The van der Waals surface area contributed by atoms with Crippen molar-refractivity contribution >= 4 is 21.4 Å². The van der Waals surface area contributed by atoms with Gasteiger partial charge in [-0.05, 0) is 35.9 Å². The number of amides is 1. The van der Waals surface area contributed by atoms with Crippen molar-refractivity contribution in [2.75, 3.05) is 43.6 Å². The Bertz CT molecular complexity index is 1470. The first-order chi connectivity index (χ1) is 17.7. The van der Waals surface area contributed by atoms with Crippen molar-refractivity contribution in [3.63, 3.8) is 0 Å². The molecule has 0 bridgehead atoms. The first-order valence-electron chi connectivity index (χ1n) is 12.4. The SMILES string of the molecule is COc1cccc2c1[C@H]1Nc3ccc(-n4cc(C(=O)N5CCS(=O)(=O)CC5)cn4)cc3C(C)(C)[C@H]1CO2. The van der Waals surface area contributed by atoms with E-state index in [9.17, 15) is 13.2 Å². The Morgan fingerprint density at radius 1 is 1.19 bits per heavy atom. The smallest absolute Gasteiger partial charge is 0.257 e. The molecule has 2 atom stereocenters. The highest BCUT2D eigenvalue weighted by Crippen LogP contribution is 2.54. The number of nitrogens with one attached hydrogen (secondary N) is 1. The molecule has 10 heteroatoms. The zero-order valence-electron chi connectivity index (χ0n) is 21.1. The Kier molecular flexibility index (Phi) is 5.48. The molecule has 0 aliphatic carbocycles. The maximum absolute atomic E-state index is 12.9. The van der Waals surface area contributed by atoms with E-state index in [0.29, 0.717) is 12.2 Å². The van der Waals surface area contributed by atoms with Crippen LogP contribution in [0.1, 0.15) is 41.4 Å². The molecule has 0 spiro atoms. The molecule has 1 fully saturated rings. The van der Waals surface area contributed by atoms with Gasteiger partial charge in [-0.15, -0.1) is 0 Å². The minimum absolute atomic E-state index is 0.00199. The van der Waals surface area contributed by atoms with Crippen LogP contribution in [0.3, 0.4) is 0 Å². The predicted molar refractivity (Wildman–Crippen MR) is 139 cm³/mol. The number of methoxy groups -OCH3 is 1. The summed E-state index contributed by atoms with van der Waals surface area (Å²) < 4.78 is 37.0. The van der Waals surface area contributed by atoms with E-state index in [2.05, 4.69) is 36.4 Å². The van der Waals surface area contributed by atoms with Crippen LogP contribution in [0.2, 0.25) is 0 Å². The number of anilines is 1. The van der Waals surface area contributed by atoms with E-state index in [1.165, 1.54) is 0 Å². The van der Waals surface area contributed by atoms with Crippen LogP contribution in [0.15, 0.2) is 48.8 Å². The number of hydrogen-bond donors (Lipinski definition) is 1. The molecule has 2 aromatic carbocycles. The zero-order valence-corrected chi connectivity index (χ0v) is 21.9. The van der Waals surface area contributed by atoms with Crippen molar-refractivity contribution in [2.24, 2.45) is 5.92 Å². The fourth-order valence-corrected chi connectivity index (χ4v) is 6.98. The quantitative estimate of drug-likeness (QED) is 0.564. The number of carbonyl (C=O) groups excluding carboxylic acids is 1. The topological polar surface area (TPSA) is 103 Å². The van der Waals surface area contributed by atoms with Gasteiger partial charge in [0.25, 0.3) is 5.91 Å². The summed E-state index contributed by atoms with van der Waals surface area (Å²) in [5.41, 5.74) is 4.32. The van der Waals surface area contributed by atoms with Gasteiger partial charge < -0.3 is 19.7 Å². The molecule has 194 valence electrons. The second-order valence-corrected chi connectivity index (χ2v) is 12.8. The minimum Gasteiger partial charge on any atom is -0.496 e. The summed E-state index contributed by atoms with van der Waals surface area (Å²) in [6, 6.07) is 12.1. The van der Waals surface area contributed by atoms with Crippen LogP contribution in [0, 0.1) is 5.92 Å². The number of sulfone groups is 1. The monoisotopic (exact) mass is 522 g/mol. The van der Waals surface area contributed by atoms with Gasteiger partial charge in [-0.3, -0.25) is 4.79 Å². The van der Waals surface area contributed by atoms with Gasteiger partial charge in [0.1, 0.15) is 11.5 Å². The van der Waals surface area contributed by atoms with Gasteiger partial charge in [-0.1, -0.05) is 19.9 Å². The molecule has 0 unspecified atom stereocenters. The van der Waals surface area contributed by atoms with Crippen LogP contribution in [-0.4, -0.2) is 67.3 Å². The number of aromatic nitrogens is 2. The lowest BCUT2D eigenvalue weighted by atomic mass is 9.65. The second-order valence-electron chi connectivity index (χ2n) is 10.5. The number of hydrogen-bond acceptors (Lipinski definition) is 7. The summed E-state index contributed by atoms with van der Waals surface area (Å²) in [5.74, 6) is 1.64. The molecule has 0 saturated carbocycles. The molecule has 6 rings (SSSR count). The molecule has 9 nitrogen and oxygen atoms in total. The summed E-state index contributed by atoms with van der Waals surface area (Å²) in [5, 5.41) is 8.19. The van der Waals surface area contributed by atoms with Crippen molar-refractivity contribution in [1.29, 1.82) is 0 Å². The third-order valence-electron chi connectivity index (χ3n) is 8.04. The maximum Gasteiger partial charge on any atom is 0.257 e. The number of benzene rings is 2. The summed E-state index contributed by atoms with van der Waals surface area (Å²) >= 11 is 0. The third kappa shape index (κ3) is 3.94. The normalized spacial score (nSPS) is 23.1. The van der Waals surface area contributed by atoms with Crippen LogP contribution in [0.4, 0.5) is 5.69 Å². The summed E-state index contributed by atoms with van der Waals surface area (Å²) in [6.45, 7) is 5.48. The van der Waals surface area contributed by atoms with Gasteiger partial charge in [0, 0.05) is 36.3 Å². The van der Waals surface area contributed by atoms with E-state index in [0.717, 1.165) is 34.0 Å². The third-order valence-corrected chi connectivity index (χ3v) is 9.65. The number of rotatable bonds is 3. The van der Waals surface area contributed by atoms with Crippen molar-refractivity contribution in [3.8, 4) is 17.2 Å². The molecule has 3 aliphatic rings. The molecule has 1 N–H and O–H groups in total. The number of carbonyl (C=O) groups is 1. The van der Waals surface area contributed by atoms with Gasteiger partial charge in [0.05, 0.1) is 54.3 Å². The zero-order chi connectivity index (χ0) is 25.9. The molecule has 1 saturated heterocycles. The Labute approximate surface area is 216 Å². The lowest BCUT2D eigenvalue weighted by molar-refractivity contribution is 0.0770. The molecular formula is C27H30N4O5S. The molecule has 1 aromatic heterocycles. The van der Waals surface area contributed by atoms with E-state index < -0.39 is 9.84 Å². The highest BCUT2D eigenvalue weighted by Gasteiger charge is 2.47. The van der Waals surface area contributed by atoms with Gasteiger partial charge in [-0.25, -0.2) is 13.1 Å². The standard InChI is InChI=1S/C27H30N4O5S/c1-27(2)19-13-18(31-15-17(14-28-31)26(32)30-9-11-37(33,34)12-10-30)7-8-21(19)29-25-20(27)16-36-23-6-4-5-22(35-3)24(23)25/h4-8,13-15,20,25,29H,9-12,16H2,1-3H3/t20-,25-/m0/s1. The van der Waals surface area contributed by atoms with Gasteiger partial charge in [0.2, 0.25) is 0 Å². The van der Waals surface area contributed by atoms with Gasteiger partial charge in [-0.2, -0.15) is 5.10 Å². The Hall–Kier alpha value is -3.53. The second kappa shape index (κ2) is 8.51. The fraction of sp³-hybridized carbons (Fsp3) is 0.407. The molecule has 1 amide bonds. The molecule has 3 aromatic rings. The average molecular weight is 523 g/mol. The summed E-state index contributed by atoms with van der Waals surface area (Å²) in [6.07, 6.45) is 3.26. The predicted octanol–water partition coefficient (Wildman–Crippen LogP) is 3.20. The average Bonchev–Trinajstić information content (AvgIpc) is 3.38. The summed E-state index contributed by atoms with van der Waals surface area (Å²) in [4.78, 5) is 14.5. The van der Waals surface area contributed by atoms with E-state index in [-0.39, 0.29) is 47.9 Å². The summed E-state index contributed by atoms with van der Waals surface area (Å²) in [7, 11) is -1.37. The molecular weight excluding hydrogens is 492 g/mol. The Morgan fingerprint density at radius 3 is 2.73 bits per heavy atom. The minimum atomic E-state index is -3.05. The lowest BCUT2D eigenvalue weighted by Crippen LogP contribution is -2.46. The highest BCUT2D eigenvalue weighted by atomic mass is 32.2. The van der Waals surface area contributed by atoms with Crippen LogP contribution >= 0.6 is 0 Å². The first-order valence-corrected chi connectivity index (χ1v) is 14.3. The molecule has 37 heavy (non-hydrogen) atoms. The van der Waals surface area contributed by atoms with Crippen LogP contribution in [-0.2, 0) is 15.3 Å². The number of ether oxygens (including phenoxy) is 2. The van der Waals surface area contributed by atoms with E-state index >= 15 is 0 Å². The molecule has 3 aliphatic heterocycles. The van der Waals surface area contributed by atoms with Crippen molar-refractivity contribution in [2.45, 2.75) is 25.3 Å². The van der Waals surface area contributed by atoms with Crippen LogP contribution < -0.4 is 14.8 Å². The van der Waals surface area contributed by atoms with Crippen molar-refractivity contribution in [1.82, 2.24) is 14.7 Å². The maximum atomic E-state index is 12.9. The Morgan fingerprint density at radius 2 is 1.97 bits per heavy atom. The number of fused-ring (bicyclic) bond motifs is 4. The van der Waals surface area contributed by atoms with Crippen LogP contribution in [0.5, 0.6) is 11.5 Å². The number of nitrogens with zero attached hydrogens (tertiary/aromatic N) is 3. The first kappa shape index (κ1) is 23.8. The lowest BCUT2D eigenvalue weighted by Gasteiger charge is -2.48. The van der Waals surface area contributed by atoms with Crippen molar-refractivity contribution < 1.29 is 22.7 Å². The fourth-order valence-electron chi connectivity index (χ4n) is 5.78. The molecule has 0 radical (unpaired) electrons. The van der Waals surface area contributed by atoms with Crippen LogP contribution in [0.25, 0.3) is 5.69 Å². The largest absolute Gasteiger partial charge is 0.496 e. The Balaban J connectivity index is 1.30. The van der Waals surface area contributed by atoms with Gasteiger partial charge in [0.15, 0.2) is 9.84 Å². The van der Waals surface area contributed by atoms with E-state index in [1.807, 2.05) is 24.3 Å². The molecule has 4 heterocycles. The van der Waals surface area contributed by atoms with Gasteiger partial charge >= 0.3 is 0 Å². The van der Waals surface area contributed by atoms with E-state index in [4.69, 9.17) is 9.47 Å².